The zero-order valence-corrected chi connectivity index (χ0v) is 19.9. The van der Waals surface area contributed by atoms with Gasteiger partial charge in [-0.25, -0.2) is 0 Å². The predicted molar refractivity (Wildman–Crippen MR) is 133 cm³/mol. The standard InChI is InChI=1S/C25H27ClN4O2S/c1-2-15-30-24(19-9-13-22(14-10-19)32-21-5-3-4-6-21)28-29-25(30)33-17-23(31)27-16-18-7-11-20(26)12-8-18/h2,7-14,21H,1,3-6,15-17H2,(H,27,31). The molecule has 1 aliphatic carbocycles. The van der Waals surface area contributed by atoms with Crippen molar-refractivity contribution in [1.82, 2.24) is 20.1 Å². The first-order valence-electron chi connectivity index (χ1n) is 11.1. The number of ether oxygens (including phenoxy) is 1. The highest BCUT2D eigenvalue weighted by Gasteiger charge is 2.18. The average molecular weight is 483 g/mol. The molecule has 1 amide bonds. The van der Waals surface area contributed by atoms with E-state index in [9.17, 15) is 4.79 Å². The van der Waals surface area contributed by atoms with E-state index in [0.29, 0.717) is 29.4 Å². The number of carbonyl (C=O) groups is 1. The van der Waals surface area contributed by atoms with Crippen molar-refractivity contribution in [2.75, 3.05) is 5.75 Å². The van der Waals surface area contributed by atoms with Crippen LogP contribution in [0.15, 0.2) is 66.3 Å². The highest BCUT2D eigenvalue weighted by Crippen LogP contribution is 2.28. The van der Waals surface area contributed by atoms with E-state index >= 15 is 0 Å². The number of nitrogens with one attached hydrogen (secondary N) is 1. The molecule has 0 spiro atoms. The molecule has 1 fully saturated rings. The van der Waals surface area contributed by atoms with Crippen molar-refractivity contribution in [3.05, 3.63) is 71.8 Å². The molecule has 2 aromatic carbocycles. The highest BCUT2D eigenvalue weighted by molar-refractivity contribution is 7.99. The molecule has 0 unspecified atom stereocenters. The van der Waals surface area contributed by atoms with E-state index in [1.807, 2.05) is 53.1 Å². The first-order chi connectivity index (χ1) is 16.1. The normalized spacial score (nSPS) is 13.7. The number of aromatic nitrogens is 3. The molecular formula is C25H27ClN4O2S. The predicted octanol–water partition coefficient (Wildman–Crippen LogP) is 5.51. The molecule has 4 rings (SSSR count). The summed E-state index contributed by atoms with van der Waals surface area (Å²) in [5.41, 5.74) is 1.94. The lowest BCUT2D eigenvalue weighted by atomic mass is 10.2. The Balaban J connectivity index is 1.37. The molecule has 1 heterocycles. The highest BCUT2D eigenvalue weighted by atomic mass is 35.5. The van der Waals surface area contributed by atoms with Gasteiger partial charge in [-0.3, -0.25) is 9.36 Å². The van der Waals surface area contributed by atoms with Gasteiger partial charge in [0, 0.05) is 23.7 Å². The third kappa shape index (κ3) is 6.39. The number of allylic oxidation sites excluding steroid dienone is 1. The lowest BCUT2D eigenvalue weighted by molar-refractivity contribution is -0.118. The van der Waals surface area contributed by atoms with E-state index in [1.54, 1.807) is 6.08 Å². The van der Waals surface area contributed by atoms with Crippen LogP contribution in [0.25, 0.3) is 11.4 Å². The van der Waals surface area contributed by atoms with Crippen LogP contribution in [-0.2, 0) is 17.9 Å². The quantitative estimate of drug-likeness (QED) is 0.304. The van der Waals surface area contributed by atoms with E-state index in [-0.39, 0.29) is 11.7 Å². The van der Waals surface area contributed by atoms with Crippen molar-refractivity contribution < 1.29 is 9.53 Å². The van der Waals surface area contributed by atoms with Gasteiger partial charge in [-0.1, -0.05) is 41.6 Å². The molecular weight excluding hydrogens is 456 g/mol. The Morgan fingerprint density at radius 2 is 1.88 bits per heavy atom. The van der Waals surface area contributed by atoms with Crippen LogP contribution in [0.1, 0.15) is 31.2 Å². The minimum absolute atomic E-state index is 0.0712. The van der Waals surface area contributed by atoms with Crippen LogP contribution in [0.5, 0.6) is 5.75 Å². The summed E-state index contributed by atoms with van der Waals surface area (Å²) in [5.74, 6) is 1.80. The van der Waals surface area contributed by atoms with Crippen molar-refractivity contribution in [3.63, 3.8) is 0 Å². The summed E-state index contributed by atoms with van der Waals surface area (Å²) in [6, 6.07) is 15.4. The smallest absolute Gasteiger partial charge is 0.230 e. The summed E-state index contributed by atoms with van der Waals surface area (Å²) < 4.78 is 8.03. The molecule has 1 saturated carbocycles. The summed E-state index contributed by atoms with van der Waals surface area (Å²) in [5, 5.41) is 13.0. The number of halogens is 1. The number of carbonyl (C=O) groups excluding carboxylic acids is 1. The molecule has 0 aliphatic heterocycles. The fourth-order valence-electron chi connectivity index (χ4n) is 3.77. The summed E-state index contributed by atoms with van der Waals surface area (Å²) >= 11 is 7.26. The lowest BCUT2D eigenvalue weighted by Crippen LogP contribution is -2.24. The van der Waals surface area contributed by atoms with Crippen LogP contribution >= 0.6 is 23.4 Å². The topological polar surface area (TPSA) is 69.0 Å². The molecule has 172 valence electrons. The Labute approximate surface area is 203 Å². The Morgan fingerprint density at radius 3 is 2.58 bits per heavy atom. The third-order valence-electron chi connectivity index (χ3n) is 5.48. The van der Waals surface area contributed by atoms with Gasteiger partial charge in [-0.15, -0.1) is 16.8 Å². The lowest BCUT2D eigenvalue weighted by Gasteiger charge is -2.13. The Hall–Kier alpha value is -2.77. The molecule has 1 N–H and O–H groups in total. The van der Waals surface area contributed by atoms with Crippen LogP contribution in [0.4, 0.5) is 0 Å². The Kier molecular flexibility index (Phi) is 8.07. The number of hydrogen-bond donors (Lipinski definition) is 1. The van der Waals surface area contributed by atoms with Crippen molar-refractivity contribution in [3.8, 4) is 17.1 Å². The van der Waals surface area contributed by atoms with Crippen LogP contribution in [0.2, 0.25) is 5.02 Å². The first-order valence-corrected chi connectivity index (χ1v) is 12.4. The third-order valence-corrected chi connectivity index (χ3v) is 6.70. The minimum atomic E-state index is -0.0712. The summed E-state index contributed by atoms with van der Waals surface area (Å²) in [6.45, 7) is 4.86. The van der Waals surface area contributed by atoms with Gasteiger partial charge in [0.05, 0.1) is 11.9 Å². The van der Waals surface area contributed by atoms with E-state index in [1.165, 1.54) is 24.6 Å². The SMILES string of the molecule is C=CCn1c(SCC(=O)NCc2ccc(Cl)cc2)nnc1-c1ccc(OC2CCCC2)cc1. The Morgan fingerprint density at radius 1 is 1.15 bits per heavy atom. The van der Waals surface area contributed by atoms with Gasteiger partial charge in [0.15, 0.2) is 11.0 Å². The van der Waals surface area contributed by atoms with E-state index in [2.05, 4.69) is 22.1 Å². The van der Waals surface area contributed by atoms with E-state index < -0.39 is 0 Å². The van der Waals surface area contributed by atoms with Crippen LogP contribution in [-0.4, -0.2) is 32.5 Å². The molecule has 0 radical (unpaired) electrons. The van der Waals surface area contributed by atoms with Gasteiger partial charge >= 0.3 is 0 Å². The monoisotopic (exact) mass is 482 g/mol. The molecule has 1 aromatic heterocycles. The molecule has 6 nitrogen and oxygen atoms in total. The summed E-state index contributed by atoms with van der Waals surface area (Å²) in [7, 11) is 0. The van der Waals surface area contributed by atoms with Crippen molar-refractivity contribution in [1.29, 1.82) is 0 Å². The minimum Gasteiger partial charge on any atom is -0.490 e. The zero-order valence-electron chi connectivity index (χ0n) is 18.4. The molecule has 0 bridgehead atoms. The molecule has 1 aliphatic rings. The molecule has 8 heteroatoms. The molecule has 0 atom stereocenters. The maximum Gasteiger partial charge on any atom is 0.230 e. The van der Waals surface area contributed by atoms with E-state index in [4.69, 9.17) is 16.3 Å². The number of benzene rings is 2. The molecule has 0 saturated heterocycles. The maximum absolute atomic E-state index is 12.3. The van der Waals surface area contributed by atoms with Gasteiger partial charge in [0.25, 0.3) is 0 Å². The van der Waals surface area contributed by atoms with Gasteiger partial charge in [0.1, 0.15) is 5.75 Å². The number of rotatable bonds is 10. The summed E-state index contributed by atoms with van der Waals surface area (Å²) in [4.78, 5) is 12.3. The number of hydrogen-bond acceptors (Lipinski definition) is 5. The van der Waals surface area contributed by atoms with Crippen molar-refractivity contribution in [2.24, 2.45) is 0 Å². The second-order valence-electron chi connectivity index (χ2n) is 7.95. The maximum atomic E-state index is 12.3. The summed E-state index contributed by atoms with van der Waals surface area (Å²) in [6.07, 6.45) is 6.87. The van der Waals surface area contributed by atoms with Crippen LogP contribution in [0, 0.1) is 0 Å². The molecule has 33 heavy (non-hydrogen) atoms. The van der Waals surface area contributed by atoms with Gasteiger partial charge in [0.2, 0.25) is 5.91 Å². The average Bonchev–Trinajstić information content (AvgIpc) is 3.48. The van der Waals surface area contributed by atoms with Gasteiger partial charge in [-0.05, 0) is 67.6 Å². The van der Waals surface area contributed by atoms with Crippen molar-refractivity contribution in [2.45, 2.75) is 50.0 Å². The van der Waals surface area contributed by atoms with Gasteiger partial charge in [-0.2, -0.15) is 0 Å². The number of nitrogens with zero attached hydrogens (tertiary/aromatic N) is 3. The number of thioether (sulfide) groups is 1. The fraction of sp³-hybridized carbons (Fsp3) is 0.320. The largest absolute Gasteiger partial charge is 0.490 e. The molecule has 3 aromatic rings. The van der Waals surface area contributed by atoms with Crippen molar-refractivity contribution >= 4 is 29.3 Å². The number of amides is 1. The van der Waals surface area contributed by atoms with Crippen LogP contribution < -0.4 is 10.1 Å². The fourth-order valence-corrected chi connectivity index (χ4v) is 4.67. The van der Waals surface area contributed by atoms with E-state index in [0.717, 1.165) is 35.5 Å². The van der Waals surface area contributed by atoms with Crippen LogP contribution in [0.3, 0.4) is 0 Å². The Bertz CT molecular complexity index is 1080. The van der Waals surface area contributed by atoms with Gasteiger partial charge < -0.3 is 10.1 Å². The second-order valence-corrected chi connectivity index (χ2v) is 9.32. The zero-order chi connectivity index (χ0) is 23.0. The second kappa shape index (κ2) is 11.4. The first kappa shape index (κ1) is 23.4.